The summed E-state index contributed by atoms with van der Waals surface area (Å²) >= 11 is 3.47. The van der Waals surface area contributed by atoms with Crippen LogP contribution in [0.25, 0.3) is 0 Å². The van der Waals surface area contributed by atoms with Gasteiger partial charge in [-0.2, -0.15) is 0 Å². The van der Waals surface area contributed by atoms with Crippen LogP contribution in [-0.4, -0.2) is 24.5 Å². The second kappa shape index (κ2) is 5.04. The van der Waals surface area contributed by atoms with Gasteiger partial charge in [0.05, 0.1) is 0 Å². The van der Waals surface area contributed by atoms with E-state index in [1.54, 1.807) is 12.1 Å². The Morgan fingerprint density at radius 2 is 2.29 bits per heavy atom. The molecule has 0 amide bonds. The third-order valence-corrected chi connectivity index (χ3v) is 4.31. The Balaban J connectivity index is 2.05. The molecule has 0 radical (unpaired) electrons. The molecular formula is C13H18BrFN2. The van der Waals surface area contributed by atoms with Crippen LogP contribution in [0.4, 0.5) is 4.39 Å². The minimum absolute atomic E-state index is 0.177. The third-order valence-electron chi connectivity index (χ3n) is 3.53. The lowest BCUT2D eigenvalue weighted by molar-refractivity contribution is 0.274. The number of nitrogens with zero attached hydrogens (tertiary/aromatic N) is 1. The van der Waals surface area contributed by atoms with E-state index < -0.39 is 0 Å². The van der Waals surface area contributed by atoms with Crippen molar-refractivity contribution >= 4 is 15.9 Å². The van der Waals surface area contributed by atoms with E-state index in [1.165, 1.54) is 6.07 Å². The van der Waals surface area contributed by atoms with Crippen LogP contribution in [0.2, 0.25) is 0 Å². The van der Waals surface area contributed by atoms with Crippen molar-refractivity contribution in [1.29, 1.82) is 0 Å². The standard InChI is InChI=1S/C13H18BrFN2/c1-13(8-16)4-5-17(9-13)7-10-6-11(15)2-3-12(10)14/h2-3,6H,4-5,7-9,16H2,1H3. The molecule has 0 aromatic heterocycles. The highest BCUT2D eigenvalue weighted by atomic mass is 79.9. The van der Waals surface area contributed by atoms with Crippen LogP contribution in [0, 0.1) is 11.2 Å². The SMILES string of the molecule is CC1(CN)CCN(Cc2cc(F)ccc2Br)C1. The molecule has 1 heterocycles. The lowest BCUT2D eigenvalue weighted by atomic mass is 9.90. The fourth-order valence-corrected chi connectivity index (χ4v) is 2.70. The van der Waals surface area contributed by atoms with Crippen LogP contribution in [0.5, 0.6) is 0 Å². The molecular weight excluding hydrogens is 283 g/mol. The Morgan fingerprint density at radius 3 is 2.94 bits per heavy atom. The molecule has 0 bridgehead atoms. The van der Waals surface area contributed by atoms with E-state index in [4.69, 9.17) is 5.73 Å². The highest BCUT2D eigenvalue weighted by Gasteiger charge is 2.32. The quantitative estimate of drug-likeness (QED) is 0.930. The van der Waals surface area contributed by atoms with Gasteiger partial charge in [-0.1, -0.05) is 22.9 Å². The Morgan fingerprint density at radius 1 is 1.53 bits per heavy atom. The van der Waals surface area contributed by atoms with Crippen molar-refractivity contribution in [1.82, 2.24) is 4.90 Å². The van der Waals surface area contributed by atoms with Gasteiger partial charge in [0.1, 0.15) is 5.82 Å². The molecule has 0 spiro atoms. The van der Waals surface area contributed by atoms with Crippen molar-refractivity contribution in [3.8, 4) is 0 Å². The minimum Gasteiger partial charge on any atom is -0.330 e. The summed E-state index contributed by atoms with van der Waals surface area (Å²) in [7, 11) is 0. The first-order valence-electron chi connectivity index (χ1n) is 5.89. The van der Waals surface area contributed by atoms with Gasteiger partial charge in [-0.3, -0.25) is 4.90 Å². The van der Waals surface area contributed by atoms with E-state index in [1.807, 2.05) is 0 Å². The first-order valence-corrected chi connectivity index (χ1v) is 6.68. The highest BCUT2D eigenvalue weighted by molar-refractivity contribution is 9.10. The van der Waals surface area contributed by atoms with E-state index >= 15 is 0 Å². The summed E-state index contributed by atoms with van der Waals surface area (Å²) in [6, 6.07) is 4.84. The molecule has 1 saturated heterocycles. The predicted molar refractivity (Wildman–Crippen MR) is 71.2 cm³/mol. The number of nitrogens with two attached hydrogens (primary N) is 1. The van der Waals surface area contributed by atoms with E-state index in [2.05, 4.69) is 27.8 Å². The number of benzene rings is 1. The monoisotopic (exact) mass is 300 g/mol. The first kappa shape index (κ1) is 13.0. The van der Waals surface area contributed by atoms with Gasteiger partial charge in [0.2, 0.25) is 0 Å². The number of hydrogen-bond acceptors (Lipinski definition) is 2. The Bertz CT molecular complexity index is 410. The zero-order valence-electron chi connectivity index (χ0n) is 10.0. The molecule has 1 aromatic rings. The van der Waals surface area contributed by atoms with Crippen LogP contribution < -0.4 is 5.73 Å². The molecule has 1 atom stereocenters. The number of hydrogen-bond donors (Lipinski definition) is 1. The summed E-state index contributed by atoms with van der Waals surface area (Å²) in [6.45, 7) is 5.75. The maximum absolute atomic E-state index is 13.2. The van der Waals surface area contributed by atoms with Gasteiger partial charge in [-0.05, 0) is 48.7 Å². The fraction of sp³-hybridized carbons (Fsp3) is 0.538. The molecule has 1 aliphatic heterocycles. The molecule has 2 nitrogen and oxygen atoms in total. The van der Waals surface area contributed by atoms with Gasteiger partial charge < -0.3 is 5.73 Å². The smallest absolute Gasteiger partial charge is 0.123 e. The second-order valence-corrected chi connectivity index (χ2v) is 6.07. The third kappa shape index (κ3) is 3.06. The van der Waals surface area contributed by atoms with Gasteiger partial charge in [-0.25, -0.2) is 4.39 Å². The van der Waals surface area contributed by atoms with E-state index in [0.717, 1.165) is 36.1 Å². The van der Waals surface area contributed by atoms with Crippen LogP contribution in [-0.2, 0) is 6.54 Å². The van der Waals surface area contributed by atoms with Gasteiger partial charge in [0, 0.05) is 17.6 Å². The zero-order valence-corrected chi connectivity index (χ0v) is 11.6. The van der Waals surface area contributed by atoms with Crippen molar-refractivity contribution < 1.29 is 4.39 Å². The van der Waals surface area contributed by atoms with Crippen molar-refractivity contribution in [3.05, 3.63) is 34.1 Å². The van der Waals surface area contributed by atoms with Crippen LogP contribution in [0.15, 0.2) is 22.7 Å². The topological polar surface area (TPSA) is 29.3 Å². The molecule has 1 fully saturated rings. The van der Waals surface area contributed by atoms with Crippen LogP contribution >= 0.6 is 15.9 Å². The Labute approximate surface area is 110 Å². The molecule has 1 unspecified atom stereocenters. The maximum Gasteiger partial charge on any atom is 0.123 e. The lowest BCUT2D eigenvalue weighted by Gasteiger charge is -2.22. The van der Waals surface area contributed by atoms with Crippen LogP contribution in [0.3, 0.4) is 0 Å². The van der Waals surface area contributed by atoms with E-state index in [-0.39, 0.29) is 11.2 Å². The molecule has 2 N–H and O–H groups in total. The number of halogens is 2. The predicted octanol–water partition coefficient (Wildman–Crippen LogP) is 2.76. The molecule has 2 rings (SSSR count). The Hall–Kier alpha value is -0.450. The van der Waals surface area contributed by atoms with Crippen LogP contribution in [0.1, 0.15) is 18.9 Å². The molecule has 0 aliphatic carbocycles. The largest absolute Gasteiger partial charge is 0.330 e. The van der Waals surface area contributed by atoms with Gasteiger partial charge >= 0.3 is 0 Å². The van der Waals surface area contributed by atoms with Crippen molar-refractivity contribution in [2.45, 2.75) is 19.9 Å². The zero-order chi connectivity index (χ0) is 12.5. The molecule has 4 heteroatoms. The average Bonchev–Trinajstić information content (AvgIpc) is 2.67. The lowest BCUT2D eigenvalue weighted by Crippen LogP contribution is -2.31. The van der Waals surface area contributed by atoms with Crippen molar-refractivity contribution in [2.75, 3.05) is 19.6 Å². The Kier molecular flexibility index (Phi) is 3.85. The fourth-order valence-electron chi connectivity index (χ4n) is 2.33. The van der Waals surface area contributed by atoms with E-state index in [0.29, 0.717) is 6.54 Å². The highest BCUT2D eigenvalue weighted by Crippen LogP contribution is 2.30. The van der Waals surface area contributed by atoms with Gasteiger partial charge in [0.15, 0.2) is 0 Å². The van der Waals surface area contributed by atoms with Gasteiger partial charge in [-0.15, -0.1) is 0 Å². The molecule has 94 valence electrons. The summed E-state index contributed by atoms with van der Waals surface area (Å²) in [5.74, 6) is -0.177. The average molecular weight is 301 g/mol. The first-order chi connectivity index (χ1) is 8.02. The summed E-state index contributed by atoms with van der Waals surface area (Å²) < 4.78 is 14.2. The summed E-state index contributed by atoms with van der Waals surface area (Å²) in [5.41, 5.74) is 7.01. The molecule has 0 saturated carbocycles. The normalized spacial score (nSPS) is 25.4. The molecule has 1 aliphatic rings. The summed E-state index contributed by atoms with van der Waals surface area (Å²) in [5, 5.41) is 0. The minimum atomic E-state index is -0.177. The summed E-state index contributed by atoms with van der Waals surface area (Å²) in [4.78, 5) is 2.34. The van der Waals surface area contributed by atoms with E-state index in [9.17, 15) is 4.39 Å². The maximum atomic E-state index is 13.2. The molecule has 1 aromatic carbocycles. The summed E-state index contributed by atoms with van der Waals surface area (Å²) in [6.07, 6.45) is 1.12. The van der Waals surface area contributed by atoms with Crippen molar-refractivity contribution in [3.63, 3.8) is 0 Å². The van der Waals surface area contributed by atoms with Gasteiger partial charge in [0.25, 0.3) is 0 Å². The van der Waals surface area contributed by atoms with Crippen molar-refractivity contribution in [2.24, 2.45) is 11.1 Å². The number of likely N-dealkylation sites (tertiary alicyclic amines) is 1. The number of rotatable bonds is 3. The second-order valence-electron chi connectivity index (χ2n) is 5.21. The molecule has 17 heavy (non-hydrogen) atoms.